The molecule has 0 saturated carbocycles. The molecule has 0 aliphatic carbocycles. The number of benzene rings is 1. The molecule has 1 aromatic carbocycles. The van der Waals surface area contributed by atoms with Crippen LogP contribution < -0.4 is 10.6 Å². The predicted molar refractivity (Wildman–Crippen MR) is 84.6 cm³/mol. The van der Waals surface area contributed by atoms with Crippen molar-refractivity contribution in [1.82, 2.24) is 4.98 Å². The molecule has 0 unspecified atom stereocenters. The third-order valence-corrected chi connectivity index (χ3v) is 3.43. The van der Waals surface area contributed by atoms with E-state index in [2.05, 4.69) is 15.6 Å². The molecule has 0 bridgehead atoms. The second kappa shape index (κ2) is 6.96. The van der Waals surface area contributed by atoms with Crippen molar-refractivity contribution in [3.63, 3.8) is 0 Å². The standard InChI is InChI=1S/C15H17N3OS/c1-3-16-14-9-11(7-8-17-14)15(19)18-12-5-4-6-13(10-12)20-2/h4-10H,3H2,1-2H3,(H,16,17)(H,18,19). The topological polar surface area (TPSA) is 54.0 Å². The molecule has 104 valence electrons. The summed E-state index contributed by atoms with van der Waals surface area (Å²) in [6.45, 7) is 2.76. The van der Waals surface area contributed by atoms with Gasteiger partial charge in [-0.1, -0.05) is 6.07 Å². The molecule has 1 aromatic heterocycles. The van der Waals surface area contributed by atoms with E-state index in [0.29, 0.717) is 11.4 Å². The number of hydrogen-bond acceptors (Lipinski definition) is 4. The number of hydrogen-bond donors (Lipinski definition) is 2. The minimum Gasteiger partial charge on any atom is -0.370 e. The average Bonchev–Trinajstić information content (AvgIpc) is 2.48. The first-order chi connectivity index (χ1) is 9.72. The number of carbonyl (C=O) groups excluding carboxylic acids is 1. The average molecular weight is 287 g/mol. The third-order valence-electron chi connectivity index (χ3n) is 2.71. The Kier molecular flexibility index (Phi) is 5.01. The maximum Gasteiger partial charge on any atom is 0.255 e. The highest BCUT2D eigenvalue weighted by Gasteiger charge is 2.07. The van der Waals surface area contributed by atoms with Gasteiger partial charge in [-0.25, -0.2) is 4.98 Å². The van der Waals surface area contributed by atoms with E-state index in [9.17, 15) is 4.79 Å². The van der Waals surface area contributed by atoms with E-state index in [1.165, 1.54) is 0 Å². The van der Waals surface area contributed by atoms with Crippen LogP contribution in [0.3, 0.4) is 0 Å². The number of nitrogens with zero attached hydrogens (tertiary/aromatic N) is 1. The van der Waals surface area contributed by atoms with Crippen molar-refractivity contribution in [2.45, 2.75) is 11.8 Å². The van der Waals surface area contributed by atoms with Gasteiger partial charge >= 0.3 is 0 Å². The first kappa shape index (κ1) is 14.4. The van der Waals surface area contributed by atoms with Gasteiger partial charge in [0.1, 0.15) is 5.82 Å². The Labute approximate surface area is 123 Å². The second-order valence-electron chi connectivity index (χ2n) is 4.15. The summed E-state index contributed by atoms with van der Waals surface area (Å²) < 4.78 is 0. The molecule has 0 aliphatic rings. The summed E-state index contributed by atoms with van der Waals surface area (Å²) in [4.78, 5) is 17.5. The Balaban J connectivity index is 2.12. The van der Waals surface area contributed by atoms with Crippen molar-refractivity contribution >= 4 is 29.2 Å². The van der Waals surface area contributed by atoms with E-state index in [0.717, 1.165) is 17.1 Å². The number of carbonyl (C=O) groups is 1. The zero-order valence-corrected chi connectivity index (χ0v) is 12.3. The lowest BCUT2D eigenvalue weighted by molar-refractivity contribution is 0.102. The lowest BCUT2D eigenvalue weighted by Gasteiger charge is -2.08. The summed E-state index contributed by atoms with van der Waals surface area (Å²) in [6, 6.07) is 11.2. The van der Waals surface area contributed by atoms with Crippen LogP contribution in [0.1, 0.15) is 17.3 Å². The summed E-state index contributed by atoms with van der Waals surface area (Å²) in [5.41, 5.74) is 1.38. The lowest BCUT2D eigenvalue weighted by Crippen LogP contribution is -2.12. The van der Waals surface area contributed by atoms with Crippen LogP contribution in [0.5, 0.6) is 0 Å². The Morgan fingerprint density at radius 2 is 2.15 bits per heavy atom. The predicted octanol–water partition coefficient (Wildman–Crippen LogP) is 3.49. The number of aromatic nitrogens is 1. The van der Waals surface area contributed by atoms with Crippen LogP contribution in [0.25, 0.3) is 0 Å². The molecule has 4 nitrogen and oxygen atoms in total. The van der Waals surface area contributed by atoms with Gasteiger partial charge in [0.2, 0.25) is 0 Å². The van der Waals surface area contributed by atoms with Gasteiger partial charge in [-0.2, -0.15) is 0 Å². The third kappa shape index (κ3) is 3.74. The zero-order valence-electron chi connectivity index (χ0n) is 11.5. The number of anilines is 2. The van der Waals surface area contributed by atoms with Crippen molar-refractivity contribution in [1.29, 1.82) is 0 Å². The van der Waals surface area contributed by atoms with E-state index in [1.807, 2.05) is 37.4 Å². The fourth-order valence-corrected chi connectivity index (χ4v) is 2.21. The Bertz CT molecular complexity index is 601. The quantitative estimate of drug-likeness (QED) is 0.827. The minimum absolute atomic E-state index is 0.134. The van der Waals surface area contributed by atoms with E-state index in [4.69, 9.17) is 0 Å². The van der Waals surface area contributed by atoms with E-state index >= 15 is 0 Å². The van der Waals surface area contributed by atoms with Gasteiger partial charge in [0.15, 0.2) is 0 Å². The van der Waals surface area contributed by atoms with Crippen molar-refractivity contribution < 1.29 is 4.79 Å². The molecule has 1 heterocycles. The van der Waals surface area contributed by atoms with Crippen LogP contribution in [0.4, 0.5) is 11.5 Å². The Hall–Kier alpha value is -2.01. The number of amides is 1. The van der Waals surface area contributed by atoms with Gasteiger partial charge in [0, 0.05) is 28.9 Å². The molecule has 5 heteroatoms. The monoisotopic (exact) mass is 287 g/mol. The second-order valence-corrected chi connectivity index (χ2v) is 5.03. The molecule has 0 fully saturated rings. The van der Waals surface area contributed by atoms with E-state index < -0.39 is 0 Å². The van der Waals surface area contributed by atoms with Crippen LogP contribution in [-0.4, -0.2) is 23.7 Å². The molecule has 20 heavy (non-hydrogen) atoms. The Morgan fingerprint density at radius 1 is 1.30 bits per heavy atom. The zero-order chi connectivity index (χ0) is 14.4. The summed E-state index contributed by atoms with van der Waals surface area (Å²) >= 11 is 1.64. The molecule has 0 spiro atoms. The van der Waals surface area contributed by atoms with Crippen LogP contribution in [-0.2, 0) is 0 Å². The fourth-order valence-electron chi connectivity index (χ4n) is 1.75. The normalized spacial score (nSPS) is 10.1. The van der Waals surface area contributed by atoms with Gasteiger partial charge in [-0.3, -0.25) is 4.79 Å². The highest BCUT2D eigenvalue weighted by molar-refractivity contribution is 7.98. The van der Waals surface area contributed by atoms with E-state index in [1.54, 1.807) is 30.1 Å². The van der Waals surface area contributed by atoms with Gasteiger partial charge in [0.25, 0.3) is 5.91 Å². The number of pyridine rings is 1. The summed E-state index contributed by atoms with van der Waals surface area (Å²) in [7, 11) is 0. The first-order valence-corrected chi connectivity index (χ1v) is 7.60. The largest absolute Gasteiger partial charge is 0.370 e. The van der Waals surface area contributed by atoms with E-state index in [-0.39, 0.29) is 5.91 Å². The minimum atomic E-state index is -0.134. The van der Waals surface area contributed by atoms with Gasteiger partial charge in [0.05, 0.1) is 0 Å². The van der Waals surface area contributed by atoms with Gasteiger partial charge in [-0.15, -0.1) is 11.8 Å². The lowest BCUT2D eigenvalue weighted by atomic mass is 10.2. The summed E-state index contributed by atoms with van der Waals surface area (Å²) in [5, 5.41) is 5.98. The molecule has 1 amide bonds. The molecule has 2 aromatic rings. The first-order valence-electron chi connectivity index (χ1n) is 6.38. The Morgan fingerprint density at radius 3 is 2.90 bits per heavy atom. The molecule has 0 atom stereocenters. The van der Waals surface area contributed by atoms with Crippen LogP contribution in [0.2, 0.25) is 0 Å². The molecule has 0 radical (unpaired) electrons. The highest BCUT2D eigenvalue weighted by Crippen LogP contribution is 2.19. The SMILES string of the molecule is CCNc1cc(C(=O)Nc2cccc(SC)c2)ccn1. The van der Waals surface area contributed by atoms with Crippen molar-refractivity contribution in [2.75, 3.05) is 23.4 Å². The maximum absolute atomic E-state index is 12.2. The molecular weight excluding hydrogens is 270 g/mol. The molecule has 0 aliphatic heterocycles. The van der Waals surface area contributed by atoms with Gasteiger partial charge < -0.3 is 10.6 Å². The number of thioether (sulfide) groups is 1. The summed E-state index contributed by atoms with van der Waals surface area (Å²) in [6.07, 6.45) is 3.64. The smallest absolute Gasteiger partial charge is 0.255 e. The number of rotatable bonds is 5. The van der Waals surface area contributed by atoms with Crippen LogP contribution in [0, 0.1) is 0 Å². The highest BCUT2D eigenvalue weighted by atomic mass is 32.2. The number of nitrogens with one attached hydrogen (secondary N) is 2. The van der Waals surface area contributed by atoms with Crippen molar-refractivity contribution in [3.05, 3.63) is 48.2 Å². The maximum atomic E-state index is 12.2. The van der Waals surface area contributed by atoms with Crippen molar-refractivity contribution in [2.24, 2.45) is 0 Å². The van der Waals surface area contributed by atoms with Crippen LogP contribution >= 0.6 is 11.8 Å². The molecule has 2 N–H and O–H groups in total. The molecule has 2 rings (SSSR count). The van der Waals surface area contributed by atoms with Gasteiger partial charge in [-0.05, 0) is 43.5 Å². The summed E-state index contributed by atoms with van der Waals surface area (Å²) in [5.74, 6) is 0.572. The van der Waals surface area contributed by atoms with Crippen molar-refractivity contribution in [3.8, 4) is 0 Å². The van der Waals surface area contributed by atoms with Crippen LogP contribution in [0.15, 0.2) is 47.5 Å². The molecule has 0 saturated heterocycles. The fraction of sp³-hybridized carbons (Fsp3) is 0.200. The molecular formula is C15H17N3OS.